The van der Waals surface area contributed by atoms with Crippen molar-refractivity contribution in [2.75, 3.05) is 5.32 Å². The Morgan fingerprint density at radius 1 is 1.58 bits per heavy atom. The average Bonchev–Trinajstić information content (AvgIpc) is 2.70. The fourth-order valence-electron chi connectivity index (χ4n) is 2.59. The van der Waals surface area contributed by atoms with Gasteiger partial charge in [0.25, 0.3) is 5.56 Å². The van der Waals surface area contributed by atoms with Crippen molar-refractivity contribution >= 4 is 21.6 Å². The summed E-state index contributed by atoms with van der Waals surface area (Å²) in [5.41, 5.74) is 0.667. The van der Waals surface area contributed by atoms with Gasteiger partial charge in [-0.3, -0.25) is 4.79 Å². The van der Waals surface area contributed by atoms with Crippen LogP contribution < -0.4 is 10.9 Å². The molecule has 3 unspecified atom stereocenters. The van der Waals surface area contributed by atoms with E-state index in [1.807, 2.05) is 0 Å². The van der Waals surface area contributed by atoms with Crippen molar-refractivity contribution in [3.05, 3.63) is 33.7 Å². The second-order valence-electron chi connectivity index (χ2n) is 5.31. The van der Waals surface area contributed by atoms with Crippen LogP contribution in [0.2, 0.25) is 0 Å². The van der Waals surface area contributed by atoms with Gasteiger partial charge in [-0.2, -0.15) is 5.10 Å². The highest BCUT2D eigenvalue weighted by atomic mass is 79.9. The third kappa shape index (κ3) is 2.91. The smallest absolute Gasteiger partial charge is 0.283 e. The SMILES string of the molecule is C=CCn1ncc(NC2CCC(C)C2C)c(Br)c1=O. The van der Waals surface area contributed by atoms with Crippen LogP contribution >= 0.6 is 15.9 Å². The van der Waals surface area contributed by atoms with Crippen molar-refractivity contribution in [3.8, 4) is 0 Å². The molecule has 0 aromatic carbocycles. The summed E-state index contributed by atoms with van der Waals surface area (Å²) in [6.45, 7) is 8.58. The second kappa shape index (κ2) is 5.90. The fraction of sp³-hybridized carbons (Fsp3) is 0.571. The van der Waals surface area contributed by atoms with E-state index in [-0.39, 0.29) is 5.56 Å². The van der Waals surface area contributed by atoms with Gasteiger partial charge >= 0.3 is 0 Å². The first-order valence-corrected chi connectivity index (χ1v) is 7.47. The summed E-state index contributed by atoms with van der Waals surface area (Å²) in [6.07, 6.45) is 5.75. The lowest BCUT2D eigenvalue weighted by atomic mass is 9.98. The van der Waals surface area contributed by atoms with E-state index in [4.69, 9.17) is 0 Å². The Kier molecular flexibility index (Phi) is 4.45. The molecule has 0 amide bonds. The standard InChI is InChI=1S/C14H20BrN3O/c1-4-7-18-14(19)13(15)12(8-16-18)17-11-6-5-9(2)10(11)3/h4,8-11,17H,1,5-7H2,2-3H3. The van der Waals surface area contributed by atoms with Crippen LogP contribution in [-0.2, 0) is 6.54 Å². The monoisotopic (exact) mass is 325 g/mol. The zero-order chi connectivity index (χ0) is 14.0. The summed E-state index contributed by atoms with van der Waals surface area (Å²) in [6, 6.07) is 0.419. The van der Waals surface area contributed by atoms with Gasteiger partial charge in [0.2, 0.25) is 0 Å². The van der Waals surface area contributed by atoms with Gasteiger partial charge in [0.05, 0.1) is 18.4 Å². The lowest BCUT2D eigenvalue weighted by Gasteiger charge is -2.21. The van der Waals surface area contributed by atoms with Gasteiger partial charge in [0, 0.05) is 6.04 Å². The Labute approximate surface area is 122 Å². The van der Waals surface area contributed by atoms with Gasteiger partial charge in [-0.05, 0) is 40.6 Å². The van der Waals surface area contributed by atoms with Crippen LogP contribution in [-0.4, -0.2) is 15.8 Å². The second-order valence-corrected chi connectivity index (χ2v) is 6.11. The van der Waals surface area contributed by atoms with Gasteiger partial charge in [0.15, 0.2) is 0 Å². The van der Waals surface area contributed by atoms with Crippen LogP contribution in [0.5, 0.6) is 0 Å². The molecule has 4 nitrogen and oxygen atoms in total. The molecule has 0 bridgehead atoms. The van der Waals surface area contributed by atoms with Crippen molar-refractivity contribution in [1.29, 1.82) is 0 Å². The van der Waals surface area contributed by atoms with Gasteiger partial charge in [0.1, 0.15) is 4.47 Å². The molecule has 0 radical (unpaired) electrons. The molecule has 3 atom stereocenters. The number of aromatic nitrogens is 2. The van der Waals surface area contributed by atoms with Crippen LogP contribution in [0, 0.1) is 11.8 Å². The number of rotatable bonds is 4. The van der Waals surface area contributed by atoms with Crippen molar-refractivity contribution < 1.29 is 0 Å². The third-order valence-corrected chi connectivity index (χ3v) is 4.86. The molecule has 5 heteroatoms. The quantitative estimate of drug-likeness (QED) is 0.865. The summed E-state index contributed by atoms with van der Waals surface area (Å²) in [5, 5.41) is 7.61. The van der Waals surface area contributed by atoms with Crippen LogP contribution in [0.15, 0.2) is 28.1 Å². The highest BCUT2D eigenvalue weighted by Crippen LogP contribution is 2.33. The molecule has 19 heavy (non-hydrogen) atoms. The molecule has 1 aromatic rings. The Balaban J connectivity index is 2.20. The molecule has 104 valence electrons. The number of anilines is 1. The van der Waals surface area contributed by atoms with E-state index in [1.165, 1.54) is 11.1 Å². The minimum absolute atomic E-state index is 0.122. The maximum Gasteiger partial charge on any atom is 0.283 e. The zero-order valence-electron chi connectivity index (χ0n) is 11.4. The first kappa shape index (κ1) is 14.3. The van der Waals surface area contributed by atoms with E-state index >= 15 is 0 Å². The van der Waals surface area contributed by atoms with Gasteiger partial charge in [-0.15, -0.1) is 6.58 Å². The van der Waals surface area contributed by atoms with Crippen LogP contribution in [0.25, 0.3) is 0 Å². The summed E-state index contributed by atoms with van der Waals surface area (Å²) in [4.78, 5) is 12.1. The average molecular weight is 326 g/mol. The molecule has 0 saturated heterocycles. The lowest BCUT2D eigenvalue weighted by Crippen LogP contribution is -2.28. The van der Waals surface area contributed by atoms with Gasteiger partial charge < -0.3 is 5.32 Å². The first-order chi connectivity index (χ1) is 9.04. The van der Waals surface area contributed by atoms with Crippen molar-refractivity contribution in [2.24, 2.45) is 11.8 Å². The van der Waals surface area contributed by atoms with Gasteiger partial charge in [-0.25, -0.2) is 4.68 Å². The minimum atomic E-state index is -0.122. The van der Waals surface area contributed by atoms with E-state index in [9.17, 15) is 4.79 Å². The number of allylic oxidation sites excluding steroid dienone is 1. The van der Waals surface area contributed by atoms with Crippen molar-refractivity contribution in [1.82, 2.24) is 9.78 Å². The van der Waals surface area contributed by atoms with E-state index in [0.29, 0.717) is 23.0 Å². The van der Waals surface area contributed by atoms with Crippen LogP contribution in [0.4, 0.5) is 5.69 Å². The minimum Gasteiger partial charge on any atom is -0.380 e. The highest BCUT2D eigenvalue weighted by molar-refractivity contribution is 9.10. The largest absolute Gasteiger partial charge is 0.380 e. The van der Waals surface area contributed by atoms with Crippen LogP contribution in [0.1, 0.15) is 26.7 Å². The third-order valence-electron chi connectivity index (χ3n) is 4.09. The number of nitrogens with zero attached hydrogens (tertiary/aromatic N) is 2. The topological polar surface area (TPSA) is 46.9 Å². The fourth-order valence-corrected chi connectivity index (χ4v) is 3.01. The van der Waals surface area contributed by atoms with Crippen molar-refractivity contribution in [2.45, 2.75) is 39.3 Å². The molecule has 0 spiro atoms. The van der Waals surface area contributed by atoms with Crippen LogP contribution in [0.3, 0.4) is 0 Å². The molecule has 0 aliphatic heterocycles. The maximum absolute atomic E-state index is 12.1. The molecule has 2 rings (SSSR count). The number of nitrogens with one attached hydrogen (secondary N) is 1. The molecule has 1 aliphatic carbocycles. The summed E-state index contributed by atoms with van der Waals surface area (Å²) < 4.78 is 1.94. The molecule has 1 N–H and O–H groups in total. The molecule has 1 fully saturated rings. The Hall–Kier alpha value is -1.10. The normalized spacial score (nSPS) is 26.4. The molecule has 1 aliphatic rings. The maximum atomic E-state index is 12.1. The van der Waals surface area contributed by atoms with E-state index in [2.05, 4.69) is 46.8 Å². The molecule has 1 aromatic heterocycles. The predicted octanol–water partition coefficient (Wildman–Crippen LogP) is 3.04. The predicted molar refractivity (Wildman–Crippen MR) is 81.4 cm³/mol. The number of halogens is 1. The highest BCUT2D eigenvalue weighted by Gasteiger charge is 2.30. The van der Waals surface area contributed by atoms with Crippen molar-refractivity contribution in [3.63, 3.8) is 0 Å². The zero-order valence-corrected chi connectivity index (χ0v) is 13.0. The Bertz CT molecular complexity index is 526. The molecular formula is C14H20BrN3O. The van der Waals surface area contributed by atoms with E-state index < -0.39 is 0 Å². The van der Waals surface area contributed by atoms with E-state index in [1.54, 1.807) is 12.3 Å². The summed E-state index contributed by atoms with van der Waals surface area (Å²) in [5.74, 6) is 1.34. The molecular weight excluding hydrogens is 306 g/mol. The molecule has 1 heterocycles. The van der Waals surface area contributed by atoms with Gasteiger partial charge in [-0.1, -0.05) is 19.9 Å². The summed E-state index contributed by atoms with van der Waals surface area (Å²) in [7, 11) is 0. The first-order valence-electron chi connectivity index (χ1n) is 6.67. The molecule has 1 saturated carbocycles. The lowest BCUT2D eigenvalue weighted by molar-refractivity contribution is 0.435. The van der Waals surface area contributed by atoms with E-state index in [0.717, 1.165) is 18.0 Å². The summed E-state index contributed by atoms with van der Waals surface area (Å²) >= 11 is 3.37. The number of hydrogen-bond acceptors (Lipinski definition) is 3. The number of hydrogen-bond donors (Lipinski definition) is 1. The Morgan fingerprint density at radius 2 is 2.32 bits per heavy atom. The Morgan fingerprint density at radius 3 is 2.89 bits per heavy atom.